The third-order valence-corrected chi connectivity index (χ3v) is 4.39. The molecule has 0 saturated carbocycles. The zero-order valence-electron chi connectivity index (χ0n) is 15.5. The van der Waals surface area contributed by atoms with Crippen molar-refractivity contribution in [3.05, 3.63) is 64.6 Å². The van der Waals surface area contributed by atoms with Gasteiger partial charge in [-0.25, -0.2) is 4.39 Å². The highest BCUT2D eigenvalue weighted by Gasteiger charge is 2.21. The summed E-state index contributed by atoms with van der Waals surface area (Å²) in [5.74, 6) is 0.0923. The van der Waals surface area contributed by atoms with E-state index in [0.717, 1.165) is 11.1 Å². The van der Waals surface area contributed by atoms with E-state index in [4.69, 9.17) is 4.74 Å². The lowest BCUT2D eigenvalue weighted by Gasteiger charge is -2.19. The molecule has 1 N–H and O–H groups in total. The SMILES string of the molecule is COc1c(CN(C)C)c(C=O)c(O)c2ncc(Cc3ccc(F)cc3)cc12. The summed E-state index contributed by atoms with van der Waals surface area (Å²) < 4.78 is 18.7. The van der Waals surface area contributed by atoms with Gasteiger partial charge in [0.05, 0.1) is 12.7 Å². The molecule has 0 spiro atoms. The predicted octanol–water partition coefficient (Wildman–Crippen LogP) is 3.55. The number of phenolic OH excluding ortho intramolecular Hbond substituents is 1. The molecule has 0 aliphatic heterocycles. The number of hydrogen-bond acceptors (Lipinski definition) is 5. The van der Waals surface area contributed by atoms with Crippen LogP contribution in [-0.4, -0.2) is 42.5 Å². The minimum Gasteiger partial charge on any atom is -0.505 e. The van der Waals surface area contributed by atoms with Gasteiger partial charge in [-0.15, -0.1) is 0 Å². The maximum atomic E-state index is 13.1. The van der Waals surface area contributed by atoms with Crippen molar-refractivity contribution in [1.29, 1.82) is 0 Å². The van der Waals surface area contributed by atoms with Gasteiger partial charge in [0.1, 0.15) is 17.1 Å². The number of ether oxygens (including phenoxy) is 1. The summed E-state index contributed by atoms with van der Waals surface area (Å²) in [6.45, 7) is 0.433. The molecule has 5 nitrogen and oxygen atoms in total. The number of phenols is 1. The van der Waals surface area contributed by atoms with Crippen LogP contribution < -0.4 is 4.74 Å². The topological polar surface area (TPSA) is 62.7 Å². The maximum absolute atomic E-state index is 13.1. The molecule has 0 saturated heterocycles. The molecule has 27 heavy (non-hydrogen) atoms. The number of benzene rings is 2. The second kappa shape index (κ2) is 7.72. The zero-order valence-corrected chi connectivity index (χ0v) is 15.5. The van der Waals surface area contributed by atoms with E-state index in [2.05, 4.69) is 4.98 Å². The van der Waals surface area contributed by atoms with Crippen molar-refractivity contribution in [3.63, 3.8) is 0 Å². The van der Waals surface area contributed by atoms with Gasteiger partial charge in [0.25, 0.3) is 0 Å². The molecule has 0 radical (unpaired) electrons. The number of pyridine rings is 1. The van der Waals surface area contributed by atoms with Crippen LogP contribution in [0.15, 0.2) is 36.5 Å². The van der Waals surface area contributed by atoms with E-state index >= 15 is 0 Å². The Kier molecular flexibility index (Phi) is 5.37. The van der Waals surface area contributed by atoms with E-state index < -0.39 is 0 Å². The molecule has 3 rings (SSSR count). The minimum atomic E-state index is -0.281. The fourth-order valence-corrected chi connectivity index (χ4v) is 3.19. The minimum absolute atomic E-state index is 0.147. The van der Waals surface area contributed by atoms with Crippen LogP contribution in [0, 0.1) is 5.82 Å². The van der Waals surface area contributed by atoms with Crippen LogP contribution >= 0.6 is 0 Å². The summed E-state index contributed by atoms with van der Waals surface area (Å²) in [4.78, 5) is 17.8. The monoisotopic (exact) mass is 368 g/mol. The molecular weight excluding hydrogens is 347 g/mol. The highest BCUT2D eigenvalue weighted by molar-refractivity contribution is 5.99. The fourth-order valence-electron chi connectivity index (χ4n) is 3.19. The van der Waals surface area contributed by atoms with Crippen molar-refractivity contribution < 1.29 is 19.0 Å². The number of carbonyl (C=O) groups is 1. The van der Waals surface area contributed by atoms with Crippen LogP contribution in [0.2, 0.25) is 0 Å². The van der Waals surface area contributed by atoms with Crippen LogP contribution in [-0.2, 0) is 13.0 Å². The molecule has 3 aromatic rings. The number of methoxy groups -OCH3 is 1. The lowest BCUT2D eigenvalue weighted by molar-refractivity contribution is 0.111. The van der Waals surface area contributed by atoms with Crippen LogP contribution in [0.25, 0.3) is 10.9 Å². The van der Waals surface area contributed by atoms with Crippen molar-refractivity contribution in [1.82, 2.24) is 9.88 Å². The maximum Gasteiger partial charge on any atom is 0.154 e. The first-order valence-corrected chi connectivity index (χ1v) is 8.49. The Bertz CT molecular complexity index is 985. The van der Waals surface area contributed by atoms with Gasteiger partial charge >= 0.3 is 0 Å². The lowest BCUT2D eigenvalue weighted by Crippen LogP contribution is -2.14. The molecule has 0 aliphatic carbocycles. The van der Waals surface area contributed by atoms with Crippen LogP contribution in [0.4, 0.5) is 4.39 Å². The largest absolute Gasteiger partial charge is 0.505 e. The quantitative estimate of drug-likeness (QED) is 0.674. The first-order valence-electron chi connectivity index (χ1n) is 8.49. The number of nitrogens with zero attached hydrogens (tertiary/aromatic N) is 2. The van der Waals surface area contributed by atoms with E-state index in [9.17, 15) is 14.3 Å². The van der Waals surface area contributed by atoms with Gasteiger partial charge in [0, 0.05) is 23.7 Å². The van der Waals surface area contributed by atoms with Gasteiger partial charge in [0.2, 0.25) is 0 Å². The van der Waals surface area contributed by atoms with Crippen molar-refractivity contribution >= 4 is 17.2 Å². The number of hydrogen-bond donors (Lipinski definition) is 1. The highest BCUT2D eigenvalue weighted by Crippen LogP contribution is 2.39. The Balaban J connectivity index is 2.16. The van der Waals surface area contributed by atoms with Crippen molar-refractivity contribution in [2.24, 2.45) is 0 Å². The van der Waals surface area contributed by atoms with E-state index in [1.165, 1.54) is 19.2 Å². The van der Waals surface area contributed by atoms with Crippen LogP contribution in [0.1, 0.15) is 27.0 Å². The molecule has 140 valence electrons. The van der Waals surface area contributed by atoms with Gasteiger partial charge in [-0.2, -0.15) is 0 Å². The average molecular weight is 368 g/mol. The number of aromatic nitrogens is 1. The number of aromatic hydroxyl groups is 1. The normalized spacial score (nSPS) is 11.1. The zero-order chi connectivity index (χ0) is 19.6. The third-order valence-electron chi connectivity index (χ3n) is 4.39. The number of rotatable bonds is 6. The summed E-state index contributed by atoms with van der Waals surface area (Å²) in [6, 6.07) is 8.17. The van der Waals surface area contributed by atoms with Crippen molar-refractivity contribution in [2.45, 2.75) is 13.0 Å². The predicted molar refractivity (Wildman–Crippen MR) is 102 cm³/mol. The lowest BCUT2D eigenvalue weighted by atomic mass is 9.98. The molecule has 1 heterocycles. The van der Waals surface area contributed by atoms with Crippen LogP contribution in [0.3, 0.4) is 0 Å². The molecule has 2 aromatic carbocycles. The molecule has 0 bridgehead atoms. The second-order valence-corrected chi connectivity index (χ2v) is 6.67. The Morgan fingerprint density at radius 2 is 1.93 bits per heavy atom. The molecule has 6 heteroatoms. The number of fused-ring (bicyclic) bond motifs is 1. The van der Waals surface area contributed by atoms with E-state index in [1.807, 2.05) is 25.1 Å². The number of carbonyl (C=O) groups excluding carboxylic acids is 1. The molecule has 0 fully saturated rings. The summed E-state index contributed by atoms with van der Waals surface area (Å²) in [7, 11) is 5.28. The highest BCUT2D eigenvalue weighted by atomic mass is 19.1. The molecule has 0 amide bonds. The van der Waals surface area contributed by atoms with E-state index in [0.29, 0.717) is 41.5 Å². The Morgan fingerprint density at radius 3 is 2.52 bits per heavy atom. The number of halogens is 1. The smallest absolute Gasteiger partial charge is 0.154 e. The number of aldehydes is 1. The van der Waals surface area contributed by atoms with E-state index in [1.54, 1.807) is 18.3 Å². The van der Waals surface area contributed by atoms with Crippen molar-refractivity contribution in [2.75, 3.05) is 21.2 Å². The summed E-state index contributed by atoms with van der Waals surface area (Å²) in [5.41, 5.74) is 2.95. The van der Waals surface area contributed by atoms with Gasteiger partial charge in [-0.1, -0.05) is 12.1 Å². The van der Waals surface area contributed by atoms with Gasteiger partial charge < -0.3 is 14.7 Å². The molecule has 0 atom stereocenters. The Labute approximate surface area is 157 Å². The molecule has 0 unspecified atom stereocenters. The summed E-state index contributed by atoms with van der Waals surface area (Å²) in [6.07, 6.45) is 2.83. The van der Waals surface area contributed by atoms with E-state index in [-0.39, 0.29) is 17.1 Å². The van der Waals surface area contributed by atoms with Gasteiger partial charge in [0.15, 0.2) is 12.0 Å². The fraction of sp³-hybridized carbons (Fsp3) is 0.238. The summed E-state index contributed by atoms with van der Waals surface area (Å²) >= 11 is 0. The first-order chi connectivity index (χ1) is 12.9. The standard InChI is InChI=1S/C21H21FN2O3/c1-24(2)11-17-18(12-25)20(26)19-16(21(17)27-3)9-14(10-23-19)8-13-4-6-15(22)7-5-13/h4-7,9-10,12,26H,8,11H2,1-3H3. The van der Waals surface area contributed by atoms with Gasteiger partial charge in [-0.3, -0.25) is 9.78 Å². The molecule has 1 aromatic heterocycles. The van der Waals surface area contributed by atoms with Gasteiger partial charge in [-0.05, 0) is 49.8 Å². The molecular formula is C21H21FN2O3. The first kappa shape index (κ1) is 18.8. The third kappa shape index (κ3) is 3.75. The summed E-state index contributed by atoms with van der Waals surface area (Å²) in [5, 5.41) is 11.2. The Morgan fingerprint density at radius 1 is 1.22 bits per heavy atom. The average Bonchev–Trinajstić information content (AvgIpc) is 2.64. The van der Waals surface area contributed by atoms with Crippen LogP contribution in [0.5, 0.6) is 11.5 Å². The molecule has 0 aliphatic rings. The Hall–Kier alpha value is -2.99. The van der Waals surface area contributed by atoms with Crippen molar-refractivity contribution in [3.8, 4) is 11.5 Å². The second-order valence-electron chi connectivity index (χ2n) is 6.67.